The maximum absolute atomic E-state index is 12.8. The average Bonchev–Trinajstić information content (AvgIpc) is 2.90. The first-order valence-corrected chi connectivity index (χ1v) is 6.25. The molecule has 7 heteroatoms. The predicted octanol–water partition coefficient (Wildman–Crippen LogP) is 3.72. The van der Waals surface area contributed by atoms with Crippen LogP contribution in [0.3, 0.4) is 0 Å². The Morgan fingerprint density at radius 2 is 1.95 bits per heavy atom. The SMILES string of the molecule is O=C(O)c1cccn2cc(-c3cccc(C(F)(F)F)c3)nc12. The fourth-order valence-electron chi connectivity index (χ4n) is 2.17. The number of carbonyl (C=O) groups is 1. The molecule has 1 N–H and O–H groups in total. The van der Waals surface area contributed by atoms with Crippen molar-refractivity contribution in [1.82, 2.24) is 9.38 Å². The molecule has 0 saturated carbocycles. The zero-order valence-corrected chi connectivity index (χ0v) is 11.0. The van der Waals surface area contributed by atoms with Crippen molar-refractivity contribution in [3.05, 3.63) is 59.9 Å². The van der Waals surface area contributed by atoms with Crippen LogP contribution in [0.4, 0.5) is 13.2 Å². The zero-order valence-electron chi connectivity index (χ0n) is 11.0. The van der Waals surface area contributed by atoms with Gasteiger partial charge in [0.15, 0.2) is 5.65 Å². The normalized spacial score (nSPS) is 11.8. The molecular formula is C15H9F3N2O2. The highest BCUT2D eigenvalue weighted by atomic mass is 19.4. The Balaban J connectivity index is 2.15. The lowest BCUT2D eigenvalue weighted by molar-refractivity contribution is -0.137. The molecule has 22 heavy (non-hydrogen) atoms. The van der Waals surface area contributed by atoms with Gasteiger partial charge >= 0.3 is 12.1 Å². The van der Waals surface area contributed by atoms with Gasteiger partial charge in [-0.1, -0.05) is 12.1 Å². The van der Waals surface area contributed by atoms with E-state index in [4.69, 9.17) is 5.11 Å². The van der Waals surface area contributed by atoms with Crippen molar-refractivity contribution >= 4 is 11.6 Å². The number of hydrogen-bond donors (Lipinski definition) is 1. The van der Waals surface area contributed by atoms with Crippen LogP contribution < -0.4 is 0 Å². The molecule has 1 aromatic carbocycles. The minimum absolute atomic E-state index is 0.0132. The van der Waals surface area contributed by atoms with Gasteiger partial charge in [-0.05, 0) is 24.3 Å². The third-order valence-electron chi connectivity index (χ3n) is 3.20. The molecule has 0 radical (unpaired) electrons. The summed E-state index contributed by atoms with van der Waals surface area (Å²) in [7, 11) is 0. The predicted molar refractivity (Wildman–Crippen MR) is 72.6 cm³/mol. The number of fused-ring (bicyclic) bond motifs is 1. The van der Waals surface area contributed by atoms with Gasteiger partial charge in [-0.15, -0.1) is 0 Å². The second-order valence-electron chi connectivity index (χ2n) is 4.66. The molecule has 2 aromatic heterocycles. The number of hydrogen-bond acceptors (Lipinski definition) is 2. The molecule has 0 aliphatic heterocycles. The molecule has 0 spiro atoms. The third-order valence-corrected chi connectivity index (χ3v) is 3.20. The van der Waals surface area contributed by atoms with E-state index in [9.17, 15) is 18.0 Å². The van der Waals surface area contributed by atoms with Crippen molar-refractivity contribution < 1.29 is 23.1 Å². The van der Waals surface area contributed by atoms with Crippen LogP contribution in [0.5, 0.6) is 0 Å². The van der Waals surface area contributed by atoms with Gasteiger partial charge in [0.25, 0.3) is 0 Å². The number of carboxylic acids is 1. The molecule has 2 heterocycles. The van der Waals surface area contributed by atoms with Crippen LogP contribution in [0.1, 0.15) is 15.9 Å². The number of aromatic nitrogens is 2. The van der Waals surface area contributed by atoms with Crippen molar-refractivity contribution in [2.75, 3.05) is 0 Å². The number of halogens is 3. The number of imidazole rings is 1. The highest BCUT2D eigenvalue weighted by molar-refractivity contribution is 5.94. The van der Waals surface area contributed by atoms with Gasteiger partial charge in [0.2, 0.25) is 0 Å². The first-order valence-electron chi connectivity index (χ1n) is 6.25. The largest absolute Gasteiger partial charge is 0.478 e. The Morgan fingerprint density at radius 1 is 1.18 bits per heavy atom. The van der Waals surface area contributed by atoms with E-state index in [0.717, 1.165) is 12.1 Å². The van der Waals surface area contributed by atoms with E-state index < -0.39 is 17.7 Å². The summed E-state index contributed by atoms with van der Waals surface area (Å²) in [5, 5.41) is 9.11. The lowest BCUT2D eigenvalue weighted by Crippen LogP contribution is -2.04. The summed E-state index contributed by atoms with van der Waals surface area (Å²) in [4.78, 5) is 15.3. The Bertz CT molecular complexity index is 869. The van der Waals surface area contributed by atoms with Gasteiger partial charge in [0, 0.05) is 18.0 Å². The molecule has 0 aliphatic rings. The number of benzene rings is 1. The quantitative estimate of drug-likeness (QED) is 0.785. The summed E-state index contributed by atoms with van der Waals surface area (Å²) in [6.45, 7) is 0. The van der Waals surface area contributed by atoms with Crippen LogP contribution in [0.25, 0.3) is 16.9 Å². The summed E-state index contributed by atoms with van der Waals surface area (Å²) >= 11 is 0. The number of aromatic carboxylic acids is 1. The van der Waals surface area contributed by atoms with Gasteiger partial charge in [-0.25, -0.2) is 9.78 Å². The molecular weight excluding hydrogens is 297 g/mol. The number of alkyl halides is 3. The summed E-state index contributed by atoms with van der Waals surface area (Å²) in [6, 6.07) is 7.68. The number of nitrogens with zero attached hydrogens (tertiary/aromatic N) is 2. The molecule has 3 aromatic rings. The van der Waals surface area contributed by atoms with Crippen LogP contribution in [-0.2, 0) is 6.18 Å². The Hall–Kier alpha value is -2.83. The lowest BCUT2D eigenvalue weighted by Gasteiger charge is -2.07. The van der Waals surface area contributed by atoms with Crippen molar-refractivity contribution in [1.29, 1.82) is 0 Å². The third kappa shape index (κ3) is 2.41. The highest BCUT2D eigenvalue weighted by Gasteiger charge is 2.30. The second kappa shape index (κ2) is 4.87. The highest BCUT2D eigenvalue weighted by Crippen LogP contribution is 2.32. The molecule has 3 rings (SSSR count). The smallest absolute Gasteiger partial charge is 0.416 e. The second-order valence-corrected chi connectivity index (χ2v) is 4.66. The Morgan fingerprint density at radius 3 is 2.64 bits per heavy atom. The van der Waals surface area contributed by atoms with E-state index >= 15 is 0 Å². The van der Waals surface area contributed by atoms with Gasteiger partial charge in [-0.2, -0.15) is 13.2 Å². The molecule has 4 nitrogen and oxygen atoms in total. The van der Waals surface area contributed by atoms with Gasteiger partial charge in [0.1, 0.15) is 5.56 Å². The average molecular weight is 306 g/mol. The molecule has 112 valence electrons. The van der Waals surface area contributed by atoms with Crippen LogP contribution in [0.15, 0.2) is 48.8 Å². The van der Waals surface area contributed by atoms with Crippen LogP contribution >= 0.6 is 0 Å². The monoisotopic (exact) mass is 306 g/mol. The maximum Gasteiger partial charge on any atom is 0.416 e. The van der Waals surface area contributed by atoms with Crippen molar-refractivity contribution in [2.45, 2.75) is 6.18 Å². The van der Waals surface area contributed by atoms with Crippen molar-refractivity contribution in [2.24, 2.45) is 0 Å². The van der Waals surface area contributed by atoms with Crippen molar-refractivity contribution in [3.63, 3.8) is 0 Å². The van der Waals surface area contributed by atoms with Crippen LogP contribution in [0.2, 0.25) is 0 Å². The molecule has 0 bridgehead atoms. The van der Waals surface area contributed by atoms with E-state index in [1.165, 1.54) is 34.9 Å². The number of rotatable bonds is 2. The van der Waals surface area contributed by atoms with E-state index in [2.05, 4.69) is 4.98 Å². The molecule has 0 amide bonds. The summed E-state index contributed by atoms with van der Waals surface area (Å²) in [5.41, 5.74) is -0.0571. The van der Waals surface area contributed by atoms with E-state index in [-0.39, 0.29) is 22.5 Å². The maximum atomic E-state index is 12.8. The van der Waals surface area contributed by atoms with Gasteiger partial charge in [-0.3, -0.25) is 0 Å². The van der Waals surface area contributed by atoms with E-state index in [1.807, 2.05) is 0 Å². The molecule has 0 unspecified atom stereocenters. The topological polar surface area (TPSA) is 54.6 Å². The fraction of sp³-hybridized carbons (Fsp3) is 0.0667. The fourth-order valence-corrected chi connectivity index (χ4v) is 2.17. The first kappa shape index (κ1) is 14.1. The lowest BCUT2D eigenvalue weighted by atomic mass is 10.1. The van der Waals surface area contributed by atoms with Gasteiger partial charge in [0.05, 0.1) is 11.3 Å². The summed E-state index contributed by atoms with van der Waals surface area (Å²) in [5.74, 6) is -1.15. The molecule has 0 aliphatic carbocycles. The van der Waals surface area contributed by atoms with Crippen LogP contribution in [0, 0.1) is 0 Å². The standard InChI is InChI=1S/C15H9F3N2O2/c16-15(17,18)10-4-1-3-9(7-10)12-8-20-6-2-5-11(14(21)22)13(20)19-12/h1-8H,(H,21,22). The molecule has 0 saturated heterocycles. The Kier molecular flexibility index (Phi) is 3.13. The molecule has 0 fully saturated rings. The zero-order chi connectivity index (χ0) is 15.9. The summed E-state index contributed by atoms with van der Waals surface area (Å²) in [6.07, 6.45) is -1.36. The number of pyridine rings is 1. The Labute approximate surface area is 122 Å². The number of carboxylic acid groups (broad SMARTS) is 1. The molecule has 0 atom stereocenters. The summed E-state index contributed by atoms with van der Waals surface area (Å²) < 4.78 is 39.7. The van der Waals surface area contributed by atoms with Crippen LogP contribution in [-0.4, -0.2) is 20.5 Å². The minimum Gasteiger partial charge on any atom is -0.478 e. The minimum atomic E-state index is -4.44. The first-order chi connectivity index (χ1) is 10.4. The van der Waals surface area contributed by atoms with E-state index in [0.29, 0.717) is 0 Å². The van der Waals surface area contributed by atoms with E-state index in [1.54, 1.807) is 6.20 Å². The van der Waals surface area contributed by atoms with Crippen molar-refractivity contribution in [3.8, 4) is 11.3 Å². The van der Waals surface area contributed by atoms with Gasteiger partial charge < -0.3 is 9.51 Å².